The average Bonchev–Trinajstić information content (AvgIpc) is 2.91. The average molecular weight is 326 g/mol. The van der Waals surface area contributed by atoms with Gasteiger partial charge in [-0.05, 0) is 49.5 Å². The highest BCUT2D eigenvalue weighted by Crippen LogP contribution is 2.26. The van der Waals surface area contributed by atoms with Gasteiger partial charge in [-0.15, -0.1) is 0 Å². The number of nitrogens with one attached hydrogen (secondary N) is 1. The molecule has 1 aromatic carbocycles. The summed E-state index contributed by atoms with van der Waals surface area (Å²) < 4.78 is 5.34. The Morgan fingerprint density at radius 2 is 2.10 bits per heavy atom. The minimum Gasteiger partial charge on any atom is -0.339 e. The summed E-state index contributed by atoms with van der Waals surface area (Å²) in [5.41, 5.74) is 0.840. The van der Waals surface area contributed by atoms with Crippen LogP contribution >= 0.6 is 23.2 Å². The molecule has 1 aliphatic heterocycles. The molecule has 0 amide bonds. The van der Waals surface area contributed by atoms with E-state index in [1.54, 1.807) is 0 Å². The minimum absolute atomic E-state index is 0.491. The van der Waals surface area contributed by atoms with Crippen LogP contribution in [-0.4, -0.2) is 23.2 Å². The first-order valence-electron chi connectivity index (χ1n) is 7.17. The summed E-state index contributed by atoms with van der Waals surface area (Å²) in [6, 6.07) is 5.46. The molecule has 2 aromatic rings. The summed E-state index contributed by atoms with van der Waals surface area (Å²) in [7, 11) is 0. The molecule has 3 rings (SSSR count). The molecule has 1 saturated heterocycles. The zero-order valence-electron chi connectivity index (χ0n) is 11.6. The number of piperidine rings is 1. The van der Waals surface area contributed by atoms with Crippen LogP contribution < -0.4 is 5.32 Å². The SMILES string of the molecule is Clc1cccc(Cl)c1Cc1noc(CC2CCCNC2)n1. The second-order valence-corrected chi connectivity index (χ2v) is 6.21. The van der Waals surface area contributed by atoms with E-state index in [2.05, 4.69) is 15.5 Å². The topological polar surface area (TPSA) is 51.0 Å². The lowest BCUT2D eigenvalue weighted by atomic mass is 9.96. The molecule has 2 heterocycles. The maximum Gasteiger partial charge on any atom is 0.226 e. The number of benzene rings is 1. The highest BCUT2D eigenvalue weighted by Gasteiger charge is 2.18. The van der Waals surface area contributed by atoms with E-state index in [9.17, 15) is 0 Å². The van der Waals surface area contributed by atoms with Crippen LogP contribution in [0.15, 0.2) is 22.7 Å². The fourth-order valence-corrected chi connectivity index (χ4v) is 3.18. The molecule has 1 atom stereocenters. The van der Waals surface area contributed by atoms with Gasteiger partial charge < -0.3 is 9.84 Å². The number of hydrogen-bond donors (Lipinski definition) is 1. The van der Waals surface area contributed by atoms with Gasteiger partial charge in [-0.2, -0.15) is 4.98 Å². The van der Waals surface area contributed by atoms with Crippen molar-refractivity contribution < 1.29 is 4.52 Å². The van der Waals surface area contributed by atoms with Crippen molar-refractivity contribution >= 4 is 23.2 Å². The molecule has 1 fully saturated rings. The summed E-state index contributed by atoms with van der Waals surface area (Å²) in [5, 5.41) is 8.69. The second-order valence-electron chi connectivity index (χ2n) is 5.40. The monoisotopic (exact) mass is 325 g/mol. The maximum absolute atomic E-state index is 6.16. The van der Waals surface area contributed by atoms with Crippen LogP contribution in [0.5, 0.6) is 0 Å². The van der Waals surface area contributed by atoms with Crippen LogP contribution in [0.25, 0.3) is 0 Å². The highest BCUT2D eigenvalue weighted by molar-refractivity contribution is 6.36. The van der Waals surface area contributed by atoms with Crippen molar-refractivity contribution in [1.82, 2.24) is 15.5 Å². The zero-order valence-corrected chi connectivity index (χ0v) is 13.1. The van der Waals surface area contributed by atoms with Crippen LogP contribution in [0.3, 0.4) is 0 Å². The van der Waals surface area contributed by atoms with Crippen molar-refractivity contribution in [3.8, 4) is 0 Å². The van der Waals surface area contributed by atoms with Gasteiger partial charge in [0.05, 0.1) is 0 Å². The molecule has 0 radical (unpaired) electrons. The lowest BCUT2D eigenvalue weighted by molar-refractivity contribution is 0.314. The largest absolute Gasteiger partial charge is 0.339 e. The van der Waals surface area contributed by atoms with Crippen molar-refractivity contribution in [2.75, 3.05) is 13.1 Å². The van der Waals surface area contributed by atoms with Gasteiger partial charge in [0.25, 0.3) is 0 Å². The van der Waals surface area contributed by atoms with Crippen molar-refractivity contribution in [1.29, 1.82) is 0 Å². The smallest absolute Gasteiger partial charge is 0.226 e. The molecule has 4 nitrogen and oxygen atoms in total. The quantitative estimate of drug-likeness (QED) is 0.934. The van der Waals surface area contributed by atoms with Crippen LogP contribution in [0.4, 0.5) is 0 Å². The van der Waals surface area contributed by atoms with Crippen LogP contribution in [0, 0.1) is 5.92 Å². The number of nitrogens with zero attached hydrogens (tertiary/aromatic N) is 2. The fourth-order valence-electron chi connectivity index (χ4n) is 2.65. The molecule has 0 bridgehead atoms. The lowest BCUT2D eigenvalue weighted by Crippen LogP contribution is -2.30. The number of halogens is 2. The first kappa shape index (κ1) is 14.8. The van der Waals surface area contributed by atoms with Crippen LogP contribution in [0.2, 0.25) is 10.0 Å². The molecular weight excluding hydrogens is 309 g/mol. The molecule has 21 heavy (non-hydrogen) atoms. The number of rotatable bonds is 4. The van der Waals surface area contributed by atoms with Gasteiger partial charge in [0.15, 0.2) is 5.82 Å². The Balaban J connectivity index is 1.67. The summed E-state index contributed by atoms with van der Waals surface area (Å²) in [6.45, 7) is 2.13. The van der Waals surface area contributed by atoms with Crippen molar-refractivity contribution in [2.24, 2.45) is 5.92 Å². The first-order valence-corrected chi connectivity index (χ1v) is 7.93. The van der Waals surface area contributed by atoms with E-state index < -0.39 is 0 Å². The molecular formula is C15H17Cl2N3O. The molecule has 1 N–H and O–H groups in total. The summed E-state index contributed by atoms with van der Waals surface area (Å²) in [5.74, 6) is 1.90. The van der Waals surface area contributed by atoms with Gasteiger partial charge in [0.1, 0.15) is 0 Å². The highest BCUT2D eigenvalue weighted by atomic mass is 35.5. The van der Waals surface area contributed by atoms with Crippen molar-refractivity contribution in [3.63, 3.8) is 0 Å². The van der Waals surface area contributed by atoms with E-state index in [4.69, 9.17) is 27.7 Å². The third kappa shape index (κ3) is 3.76. The zero-order chi connectivity index (χ0) is 14.7. The Labute approximate surface area is 133 Å². The van der Waals surface area contributed by atoms with Gasteiger partial charge in [-0.1, -0.05) is 34.4 Å². The normalized spacial score (nSPS) is 18.9. The van der Waals surface area contributed by atoms with Crippen molar-refractivity contribution in [2.45, 2.75) is 25.7 Å². The number of aromatic nitrogens is 2. The van der Waals surface area contributed by atoms with Gasteiger partial charge in [0.2, 0.25) is 5.89 Å². The number of hydrogen-bond acceptors (Lipinski definition) is 4. The second kappa shape index (κ2) is 6.77. The van der Waals surface area contributed by atoms with Crippen LogP contribution in [0.1, 0.15) is 30.1 Å². The predicted octanol–water partition coefficient (Wildman–Crippen LogP) is 3.51. The Kier molecular flexibility index (Phi) is 4.78. The standard InChI is InChI=1S/C15H17Cl2N3O/c16-12-4-1-5-13(17)11(12)8-14-19-15(21-20-14)7-10-3-2-6-18-9-10/h1,4-5,10,18H,2-3,6-9H2. The predicted molar refractivity (Wildman–Crippen MR) is 82.9 cm³/mol. The van der Waals surface area contributed by atoms with E-state index in [1.807, 2.05) is 18.2 Å². The lowest BCUT2D eigenvalue weighted by Gasteiger charge is -2.20. The van der Waals surface area contributed by atoms with E-state index in [0.29, 0.717) is 34.1 Å². The van der Waals surface area contributed by atoms with Gasteiger partial charge in [-0.3, -0.25) is 0 Å². The van der Waals surface area contributed by atoms with Gasteiger partial charge in [-0.25, -0.2) is 0 Å². The Morgan fingerprint density at radius 3 is 2.81 bits per heavy atom. The minimum atomic E-state index is 0.491. The van der Waals surface area contributed by atoms with E-state index in [0.717, 1.165) is 25.1 Å². The van der Waals surface area contributed by atoms with E-state index in [1.165, 1.54) is 12.8 Å². The first-order chi connectivity index (χ1) is 10.2. The Bertz CT molecular complexity index is 588. The van der Waals surface area contributed by atoms with Gasteiger partial charge in [0, 0.05) is 22.9 Å². The summed E-state index contributed by atoms with van der Waals surface area (Å²) in [6.07, 6.45) is 3.74. The molecule has 0 spiro atoms. The maximum atomic E-state index is 6.16. The Morgan fingerprint density at radius 1 is 1.29 bits per heavy atom. The van der Waals surface area contributed by atoms with E-state index >= 15 is 0 Å². The van der Waals surface area contributed by atoms with E-state index in [-0.39, 0.29) is 0 Å². The molecule has 0 aliphatic carbocycles. The Hall–Kier alpha value is -1.10. The fraction of sp³-hybridized carbons (Fsp3) is 0.467. The molecule has 0 saturated carbocycles. The summed E-state index contributed by atoms with van der Waals surface area (Å²) in [4.78, 5) is 4.46. The molecule has 6 heteroatoms. The summed E-state index contributed by atoms with van der Waals surface area (Å²) >= 11 is 12.3. The van der Waals surface area contributed by atoms with Crippen molar-refractivity contribution in [3.05, 3.63) is 45.5 Å². The molecule has 1 unspecified atom stereocenters. The third-order valence-corrected chi connectivity index (χ3v) is 4.48. The molecule has 1 aromatic heterocycles. The third-order valence-electron chi connectivity index (χ3n) is 3.77. The van der Waals surface area contributed by atoms with Gasteiger partial charge >= 0.3 is 0 Å². The molecule has 1 aliphatic rings. The van der Waals surface area contributed by atoms with Crippen LogP contribution in [-0.2, 0) is 12.8 Å². The molecule has 112 valence electrons.